The molecular weight excluding hydrogens is 324 g/mol. The van der Waals surface area contributed by atoms with Crippen LogP contribution in [0, 0.1) is 29.1 Å². The van der Waals surface area contributed by atoms with Gasteiger partial charge in [0, 0.05) is 11.5 Å². The Bertz CT molecular complexity index is 762. The first kappa shape index (κ1) is 17.8. The first-order valence-electron chi connectivity index (χ1n) is 10.1. The van der Waals surface area contributed by atoms with Crippen LogP contribution in [0.5, 0.6) is 0 Å². The average Bonchev–Trinajstić information content (AvgIpc) is 2.96. The van der Waals surface area contributed by atoms with Crippen LogP contribution in [-0.2, 0) is 14.9 Å². The zero-order valence-corrected chi connectivity index (χ0v) is 16.5. The maximum Gasteiger partial charge on any atom is 0.318 e. The van der Waals surface area contributed by atoms with Crippen LogP contribution < -0.4 is 0 Å². The van der Waals surface area contributed by atoms with Gasteiger partial charge in [0.15, 0.2) is 5.78 Å². The van der Waals surface area contributed by atoms with Crippen LogP contribution in [-0.4, -0.2) is 17.9 Å². The van der Waals surface area contributed by atoms with Gasteiger partial charge in [-0.3, -0.25) is 9.59 Å². The summed E-state index contributed by atoms with van der Waals surface area (Å²) in [5.41, 5.74) is 0.465. The lowest BCUT2D eigenvalue weighted by molar-refractivity contribution is -0.160. The molecule has 2 fully saturated rings. The number of carbonyl (C=O) groups excluding carboxylic acids is 2. The van der Waals surface area contributed by atoms with Gasteiger partial charge in [0.2, 0.25) is 0 Å². The number of Topliss-reactive ketones (excluding diaryl/α,β-unsaturated/α-hetero) is 1. The summed E-state index contributed by atoms with van der Waals surface area (Å²) < 4.78 is 6.21. The van der Waals surface area contributed by atoms with Crippen LogP contribution in [0.15, 0.2) is 24.3 Å². The van der Waals surface area contributed by atoms with Gasteiger partial charge in [-0.05, 0) is 41.6 Å². The van der Waals surface area contributed by atoms with E-state index in [1.54, 1.807) is 0 Å². The van der Waals surface area contributed by atoms with E-state index in [1.807, 2.05) is 38.1 Å². The highest BCUT2D eigenvalue weighted by Gasteiger charge is 2.83. The molecule has 3 heteroatoms. The summed E-state index contributed by atoms with van der Waals surface area (Å²) in [5, 5.41) is 0. The zero-order valence-electron chi connectivity index (χ0n) is 16.5. The van der Waals surface area contributed by atoms with Crippen molar-refractivity contribution in [1.82, 2.24) is 0 Å². The van der Waals surface area contributed by atoms with E-state index in [0.29, 0.717) is 23.3 Å². The summed E-state index contributed by atoms with van der Waals surface area (Å²) in [6, 6.07) is 7.61. The molecule has 2 saturated carbocycles. The number of ether oxygens (including phenoxy) is 1. The van der Waals surface area contributed by atoms with Crippen LogP contribution in [0.2, 0.25) is 0 Å². The summed E-state index contributed by atoms with van der Waals surface area (Å²) in [4.78, 5) is 26.4. The van der Waals surface area contributed by atoms with Crippen LogP contribution in [0.1, 0.15) is 69.8 Å². The number of rotatable bonds is 3. The van der Waals surface area contributed by atoms with Crippen LogP contribution in [0.4, 0.5) is 0 Å². The quantitative estimate of drug-likeness (QED) is 0.734. The molecule has 0 N–H and O–H groups in total. The van der Waals surface area contributed by atoms with Gasteiger partial charge in [-0.2, -0.15) is 0 Å². The van der Waals surface area contributed by atoms with E-state index in [2.05, 4.69) is 20.8 Å². The molecule has 26 heavy (non-hydrogen) atoms. The van der Waals surface area contributed by atoms with Crippen LogP contribution >= 0.6 is 0 Å². The van der Waals surface area contributed by atoms with E-state index >= 15 is 0 Å². The fourth-order valence-electron chi connectivity index (χ4n) is 5.96. The molecule has 1 aromatic carbocycles. The van der Waals surface area contributed by atoms with Gasteiger partial charge < -0.3 is 4.74 Å². The van der Waals surface area contributed by atoms with Gasteiger partial charge in [0.25, 0.3) is 0 Å². The number of benzene rings is 1. The standard InChI is InChI=1S/C23H30O3/c1-13(2)15-11-10-14(3)12-18(15)26-21(25)23-17-9-7-6-8-16(17)19(24)20(23)22(23,4)5/h6-9,13-15,18,20H,10-12H2,1-5H3/t14-,15+,18-,20+,23+/m1/s1. The average molecular weight is 354 g/mol. The molecule has 0 spiro atoms. The summed E-state index contributed by atoms with van der Waals surface area (Å²) in [5.74, 6) is 1.17. The number of hydrogen-bond acceptors (Lipinski definition) is 3. The van der Waals surface area contributed by atoms with Crippen molar-refractivity contribution in [2.45, 2.75) is 65.4 Å². The van der Waals surface area contributed by atoms with E-state index in [1.165, 1.54) is 6.42 Å². The molecule has 3 nitrogen and oxygen atoms in total. The molecule has 1 aromatic rings. The third kappa shape index (κ3) is 2.12. The summed E-state index contributed by atoms with van der Waals surface area (Å²) in [6.07, 6.45) is 3.23. The van der Waals surface area contributed by atoms with Gasteiger partial charge in [-0.15, -0.1) is 0 Å². The van der Waals surface area contributed by atoms with E-state index in [-0.39, 0.29) is 29.2 Å². The minimum absolute atomic E-state index is 0.0273. The first-order chi connectivity index (χ1) is 12.2. The number of fused-ring (bicyclic) bond motifs is 3. The fourth-order valence-corrected chi connectivity index (χ4v) is 5.96. The summed E-state index contributed by atoms with van der Waals surface area (Å²) in [7, 11) is 0. The smallest absolute Gasteiger partial charge is 0.318 e. The van der Waals surface area contributed by atoms with Crippen molar-refractivity contribution in [1.29, 1.82) is 0 Å². The Labute approximate surface area is 156 Å². The lowest BCUT2D eigenvalue weighted by atomic mass is 9.75. The second kappa shape index (κ2) is 5.68. The SMILES string of the molecule is CC(C)[C@@H]1CC[C@@H](C)C[C@H]1OC(=O)[C@]12c3ccccc3C(=O)[C@H]1C2(C)C. The maximum absolute atomic E-state index is 13.5. The summed E-state index contributed by atoms with van der Waals surface area (Å²) >= 11 is 0. The second-order valence-corrected chi connectivity index (χ2v) is 9.64. The Morgan fingerprint density at radius 2 is 1.88 bits per heavy atom. The number of hydrogen-bond donors (Lipinski definition) is 0. The van der Waals surface area contributed by atoms with Crippen molar-refractivity contribution in [3.8, 4) is 0 Å². The van der Waals surface area contributed by atoms with Crippen molar-refractivity contribution in [3.05, 3.63) is 35.4 Å². The molecule has 3 aliphatic carbocycles. The van der Waals surface area contributed by atoms with Crippen molar-refractivity contribution in [2.75, 3.05) is 0 Å². The number of carbonyl (C=O) groups is 2. The highest BCUT2D eigenvalue weighted by atomic mass is 16.5. The molecule has 0 unspecified atom stereocenters. The predicted molar refractivity (Wildman–Crippen MR) is 101 cm³/mol. The molecule has 0 bridgehead atoms. The Morgan fingerprint density at radius 3 is 2.58 bits per heavy atom. The Hall–Kier alpha value is -1.64. The third-order valence-electron chi connectivity index (χ3n) is 7.51. The fraction of sp³-hybridized carbons (Fsp3) is 0.652. The number of esters is 1. The van der Waals surface area contributed by atoms with Crippen LogP contribution in [0.25, 0.3) is 0 Å². The molecule has 5 atom stereocenters. The molecule has 0 aromatic heterocycles. The Kier molecular flexibility index (Phi) is 3.88. The lowest BCUT2D eigenvalue weighted by Crippen LogP contribution is -2.39. The van der Waals surface area contributed by atoms with Crippen molar-refractivity contribution >= 4 is 11.8 Å². The lowest BCUT2D eigenvalue weighted by Gasteiger charge is -2.37. The predicted octanol–water partition coefficient (Wildman–Crippen LogP) is 4.78. The Balaban J connectivity index is 1.67. The monoisotopic (exact) mass is 354 g/mol. The molecule has 0 radical (unpaired) electrons. The Morgan fingerprint density at radius 1 is 1.19 bits per heavy atom. The minimum atomic E-state index is -0.775. The van der Waals surface area contributed by atoms with E-state index in [0.717, 1.165) is 18.4 Å². The van der Waals surface area contributed by atoms with Gasteiger partial charge in [-0.1, -0.05) is 65.3 Å². The molecule has 3 aliphatic rings. The highest BCUT2D eigenvalue weighted by Crippen LogP contribution is 2.74. The summed E-state index contributed by atoms with van der Waals surface area (Å²) in [6.45, 7) is 10.8. The minimum Gasteiger partial charge on any atom is -0.461 e. The van der Waals surface area contributed by atoms with Crippen molar-refractivity contribution < 1.29 is 14.3 Å². The molecule has 140 valence electrons. The first-order valence-corrected chi connectivity index (χ1v) is 10.1. The van der Waals surface area contributed by atoms with Gasteiger partial charge in [0.1, 0.15) is 11.5 Å². The van der Waals surface area contributed by atoms with Crippen molar-refractivity contribution in [2.24, 2.45) is 29.1 Å². The van der Waals surface area contributed by atoms with Gasteiger partial charge >= 0.3 is 5.97 Å². The van der Waals surface area contributed by atoms with E-state index < -0.39 is 5.41 Å². The molecule has 0 heterocycles. The number of ketones is 1. The molecule has 0 amide bonds. The maximum atomic E-state index is 13.5. The molecular formula is C23H30O3. The van der Waals surface area contributed by atoms with Gasteiger partial charge in [0.05, 0.1) is 0 Å². The topological polar surface area (TPSA) is 43.4 Å². The van der Waals surface area contributed by atoms with E-state index in [4.69, 9.17) is 4.74 Å². The molecule has 0 saturated heterocycles. The van der Waals surface area contributed by atoms with Gasteiger partial charge in [-0.25, -0.2) is 0 Å². The van der Waals surface area contributed by atoms with E-state index in [9.17, 15) is 9.59 Å². The second-order valence-electron chi connectivity index (χ2n) is 9.64. The van der Waals surface area contributed by atoms with Crippen molar-refractivity contribution in [3.63, 3.8) is 0 Å². The largest absolute Gasteiger partial charge is 0.461 e. The normalized spacial score (nSPS) is 37.2. The molecule has 4 rings (SSSR count). The zero-order chi connectivity index (χ0) is 18.9. The van der Waals surface area contributed by atoms with Crippen LogP contribution in [0.3, 0.4) is 0 Å². The molecule has 0 aliphatic heterocycles. The highest BCUT2D eigenvalue weighted by molar-refractivity contribution is 6.15. The third-order valence-corrected chi connectivity index (χ3v) is 7.51.